The molecule has 1 aromatic carbocycles. The highest BCUT2D eigenvalue weighted by Gasteiger charge is 2.26. The molecule has 5 heteroatoms. The SMILES string of the molecule is O=C(NC[C@H]1CCCO1)C1CCN(Cc2ccccc2O)CC1. The predicted molar refractivity (Wildman–Crippen MR) is 88.1 cm³/mol. The number of rotatable bonds is 5. The molecule has 0 unspecified atom stereocenters. The quantitative estimate of drug-likeness (QED) is 0.870. The summed E-state index contributed by atoms with van der Waals surface area (Å²) in [5.41, 5.74) is 0.953. The lowest BCUT2D eigenvalue weighted by Crippen LogP contribution is -2.42. The maximum Gasteiger partial charge on any atom is 0.223 e. The second-order valence-electron chi connectivity index (χ2n) is 6.56. The number of phenols is 1. The summed E-state index contributed by atoms with van der Waals surface area (Å²) >= 11 is 0. The number of nitrogens with zero attached hydrogens (tertiary/aromatic N) is 1. The van der Waals surface area contributed by atoms with Crippen LogP contribution in [0.2, 0.25) is 0 Å². The number of aromatic hydroxyl groups is 1. The minimum absolute atomic E-state index is 0.108. The van der Waals surface area contributed by atoms with Crippen molar-refractivity contribution in [1.29, 1.82) is 0 Å². The highest BCUT2D eigenvalue weighted by Crippen LogP contribution is 2.23. The molecule has 2 aliphatic heterocycles. The maximum atomic E-state index is 12.2. The molecule has 2 aliphatic rings. The summed E-state index contributed by atoms with van der Waals surface area (Å²) in [5.74, 6) is 0.628. The van der Waals surface area contributed by atoms with E-state index in [2.05, 4.69) is 10.2 Å². The number of hydrogen-bond donors (Lipinski definition) is 2. The number of amides is 1. The van der Waals surface area contributed by atoms with Gasteiger partial charge in [0.25, 0.3) is 0 Å². The first kappa shape index (κ1) is 16.3. The van der Waals surface area contributed by atoms with E-state index in [1.54, 1.807) is 6.07 Å². The lowest BCUT2D eigenvalue weighted by atomic mass is 9.95. The van der Waals surface area contributed by atoms with Crippen molar-refractivity contribution in [3.63, 3.8) is 0 Å². The number of carbonyl (C=O) groups excluding carboxylic acids is 1. The van der Waals surface area contributed by atoms with Gasteiger partial charge in [-0.2, -0.15) is 0 Å². The average molecular weight is 318 g/mol. The number of piperidine rings is 1. The van der Waals surface area contributed by atoms with Gasteiger partial charge in [0.1, 0.15) is 5.75 Å². The third kappa shape index (κ3) is 4.45. The number of nitrogens with one attached hydrogen (secondary N) is 1. The molecule has 0 bridgehead atoms. The normalized spacial score (nSPS) is 23.0. The van der Waals surface area contributed by atoms with E-state index in [-0.39, 0.29) is 17.9 Å². The molecule has 0 aromatic heterocycles. The second-order valence-corrected chi connectivity index (χ2v) is 6.56. The van der Waals surface area contributed by atoms with Crippen molar-refractivity contribution < 1.29 is 14.6 Å². The summed E-state index contributed by atoms with van der Waals surface area (Å²) in [6, 6.07) is 7.46. The number of para-hydroxylation sites is 1. The van der Waals surface area contributed by atoms with E-state index in [4.69, 9.17) is 4.74 Å². The van der Waals surface area contributed by atoms with Gasteiger partial charge >= 0.3 is 0 Å². The van der Waals surface area contributed by atoms with Crippen LogP contribution < -0.4 is 5.32 Å². The Balaban J connectivity index is 1.41. The van der Waals surface area contributed by atoms with Crippen LogP contribution in [0.1, 0.15) is 31.2 Å². The smallest absolute Gasteiger partial charge is 0.223 e. The van der Waals surface area contributed by atoms with E-state index >= 15 is 0 Å². The molecule has 2 saturated heterocycles. The van der Waals surface area contributed by atoms with Crippen LogP contribution in [0.5, 0.6) is 5.75 Å². The van der Waals surface area contributed by atoms with Crippen LogP contribution in [0.3, 0.4) is 0 Å². The van der Waals surface area contributed by atoms with Gasteiger partial charge in [0.15, 0.2) is 0 Å². The molecule has 1 atom stereocenters. The van der Waals surface area contributed by atoms with Crippen LogP contribution >= 0.6 is 0 Å². The average Bonchev–Trinajstić information content (AvgIpc) is 3.09. The van der Waals surface area contributed by atoms with Gasteiger partial charge in [-0.25, -0.2) is 0 Å². The molecule has 2 fully saturated rings. The molecule has 126 valence electrons. The van der Waals surface area contributed by atoms with Crippen molar-refractivity contribution in [2.45, 2.75) is 38.3 Å². The van der Waals surface area contributed by atoms with Crippen LogP contribution in [0.15, 0.2) is 24.3 Å². The summed E-state index contributed by atoms with van der Waals surface area (Å²) in [4.78, 5) is 14.6. The standard InChI is InChI=1S/C18H26N2O3/c21-17-6-2-1-4-15(17)13-20-9-7-14(8-10-20)18(22)19-12-16-5-3-11-23-16/h1-2,4,6,14,16,21H,3,5,7-13H2,(H,19,22)/t16-/m1/s1. The summed E-state index contributed by atoms with van der Waals surface area (Å²) < 4.78 is 5.54. The third-order valence-electron chi connectivity index (χ3n) is 4.87. The number of carbonyl (C=O) groups is 1. The van der Waals surface area contributed by atoms with Crippen molar-refractivity contribution in [3.8, 4) is 5.75 Å². The van der Waals surface area contributed by atoms with Gasteiger partial charge in [-0.05, 0) is 44.8 Å². The Morgan fingerprint density at radius 3 is 2.74 bits per heavy atom. The van der Waals surface area contributed by atoms with Gasteiger partial charge in [0, 0.05) is 31.2 Å². The lowest BCUT2D eigenvalue weighted by Gasteiger charge is -2.31. The molecule has 2 N–H and O–H groups in total. The van der Waals surface area contributed by atoms with Gasteiger partial charge in [0.05, 0.1) is 6.10 Å². The molecule has 0 radical (unpaired) electrons. The van der Waals surface area contributed by atoms with Gasteiger partial charge in [0.2, 0.25) is 5.91 Å². The van der Waals surface area contributed by atoms with Gasteiger partial charge in [-0.3, -0.25) is 9.69 Å². The highest BCUT2D eigenvalue weighted by atomic mass is 16.5. The maximum absolute atomic E-state index is 12.2. The molecule has 3 rings (SSSR count). The lowest BCUT2D eigenvalue weighted by molar-refractivity contribution is -0.127. The fourth-order valence-electron chi connectivity index (χ4n) is 3.40. The van der Waals surface area contributed by atoms with Crippen LogP contribution in [-0.2, 0) is 16.1 Å². The Kier molecular flexibility index (Phi) is 5.51. The summed E-state index contributed by atoms with van der Waals surface area (Å²) in [6.45, 7) is 4.01. The van der Waals surface area contributed by atoms with Crippen LogP contribution in [0.4, 0.5) is 0 Å². The molecule has 0 spiro atoms. The number of benzene rings is 1. The third-order valence-corrected chi connectivity index (χ3v) is 4.87. The van der Waals surface area contributed by atoms with Crippen molar-refractivity contribution >= 4 is 5.91 Å². The minimum Gasteiger partial charge on any atom is -0.508 e. The summed E-state index contributed by atoms with van der Waals surface area (Å²) in [5, 5.41) is 12.9. The largest absolute Gasteiger partial charge is 0.508 e. The Labute approximate surface area is 137 Å². The van der Waals surface area contributed by atoms with Crippen molar-refractivity contribution in [3.05, 3.63) is 29.8 Å². The van der Waals surface area contributed by atoms with Crippen LogP contribution in [0, 0.1) is 5.92 Å². The van der Waals surface area contributed by atoms with Crippen molar-refractivity contribution in [2.24, 2.45) is 5.92 Å². The van der Waals surface area contributed by atoms with Gasteiger partial charge in [-0.1, -0.05) is 18.2 Å². The Bertz CT molecular complexity index is 521. The zero-order valence-corrected chi connectivity index (χ0v) is 13.5. The van der Waals surface area contributed by atoms with E-state index in [1.807, 2.05) is 18.2 Å². The fraction of sp³-hybridized carbons (Fsp3) is 0.611. The van der Waals surface area contributed by atoms with Crippen LogP contribution in [0.25, 0.3) is 0 Å². The monoisotopic (exact) mass is 318 g/mol. The van der Waals surface area contributed by atoms with Gasteiger partial charge < -0.3 is 15.2 Å². The first-order valence-corrected chi connectivity index (χ1v) is 8.61. The molecule has 0 aliphatic carbocycles. The number of phenolic OH excluding ortho intramolecular Hbond substituents is 1. The Hall–Kier alpha value is -1.59. The summed E-state index contributed by atoms with van der Waals surface area (Å²) in [7, 11) is 0. The Morgan fingerprint density at radius 2 is 2.04 bits per heavy atom. The van der Waals surface area contributed by atoms with E-state index in [0.717, 1.165) is 57.5 Å². The van der Waals surface area contributed by atoms with E-state index in [0.29, 0.717) is 12.3 Å². The van der Waals surface area contributed by atoms with E-state index in [1.165, 1.54) is 0 Å². The molecular formula is C18H26N2O3. The predicted octanol–water partition coefficient (Wildman–Crippen LogP) is 1.90. The van der Waals surface area contributed by atoms with Gasteiger partial charge in [-0.15, -0.1) is 0 Å². The molecule has 2 heterocycles. The van der Waals surface area contributed by atoms with Crippen molar-refractivity contribution in [2.75, 3.05) is 26.2 Å². The number of likely N-dealkylation sites (tertiary alicyclic amines) is 1. The van der Waals surface area contributed by atoms with E-state index in [9.17, 15) is 9.90 Å². The molecule has 0 saturated carbocycles. The molecule has 23 heavy (non-hydrogen) atoms. The van der Waals surface area contributed by atoms with Crippen molar-refractivity contribution in [1.82, 2.24) is 10.2 Å². The minimum atomic E-state index is 0.108. The first-order chi connectivity index (χ1) is 11.2. The topological polar surface area (TPSA) is 61.8 Å². The number of hydrogen-bond acceptors (Lipinski definition) is 4. The Morgan fingerprint density at radius 1 is 1.26 bits per heavy atom. The number of ether oxygens (including phenoxy) is 1. The zero-order chi connectivity index (χ0) is 16.1. The summed E-state index contributed by atoms with van der Waals surface area (Å²) in [6.07, 6.45) is 4.13. The molecule has 5 nitrogen and oxygen atoms in total. The molecular weight excluding hydrogens is 292 g/mol. The molecule has 1 aromatic rings. The first-order valence-electron chi connectivity index (χ1n) is 8.61. The van der Waals surface area contributed by atoms with Crippen LogP contribution in [-0.4, -0.2) is 48.3 Å². The highest BCUT2D eigenvalue weighted by molar-refractivity contribution is 5.78. The molecule has 1 amide bonds. The zero-order valence-electron chi connectivity index (χ0n) is 13.5. The fourth-order valence-corrected chi connectivity index (χ4v) is 3.40. The van der Waals surface area contributed by atoms with E-state index < -0.39 is 0 Å². The second kappa shape index (κ2) is 7.79.